The van der Waals surface area contributed by atoms with E-state index >= 15 is 4.39 Å². The first-order valence-electron chi connectivity index (χ1n) is 14.1. The van der Waals surface area contributed by atoms with Crippen molar-refractivity contribution in [1.29, 1.82) is 0 Å². The first-order chi connectivity index (χ1) is 20.0. The molecule has 0 saturated carbocycles. The number of ether oxygens (including phenoxy) is 1. The predicted molar refractivity (Wildman–Crippen MR) is 177 cm³/mol. The highest BCUT2D eigenvalue weighted by atomic mass is 127. The summed E-state index contributed by atoms with van der Waals surface area (Å²) in [5, 5.41) is 9.71. The first kappa shape index (κ1) is 31.3. The van der Waals surface area contributed by atoms with Gasteiger partial charge in [0.25, 0.3) is 5.91 Å². The van der Waals surface area contributed by atoms with Crippen molar-refractivity contribution in [3.8, 4) is 0 Å². The van der Waals surface area contributed by atoms with E-state index in [2.05, 4.69) is 45.2 Å². The topological polar surface area (TPSA) is 70.1 Å². The summed E-state index contributed by atoms with van der Waals surface area (Å²) in [6.45, 7) is 5.51. The van der Waals surface area contributed by atoms with Crippen LogP contribution in [0.15, 0.2) is 72.8 Å². The lowest BCUT2D eigenvalue weighted by molar-refractivity contribution is -0.150. The Hall–Kier alpha value is -2.09. The number of rotatable bonds is 9. The van der Waals surface area contributed by atoms with Gasteiger partial charge >= 0.3 is 0 Å². The van der Waals surface area contributed by atoms with Crippen molar-refractivity contribution in [3.05, 3.63) is 96.6 Å². The fourth-order valence-electron chi connectivity index (χ4n) is 6.67. The van der Waals surface area contributed by atoms with Crippen LogP contribution in [0, 0.1) is 19.0 Å². The van der Waals surface area contributed by atoms with Gasteiger partial charge in [-0.25, -0.2) is 4.39 Å². The van der Waals surface area contributed by atoms with Gasteiger partial charge in [-0.3, -0.25) is 9.59 Å². The summed E-state index contributed by atoms with van der Waals surface area (Å²) in [7, 11) is 0. The molecule has 0 bridgehead atoms. The van der Waals surface area contributed by atoms with E-state index in [-0.39, 0.29) is 31.4 Å². The molecule has 3 aromatic carbocycles. The number of carbonyl (C=O) groups excluding carboxylic acids is 2. The van der Waals surface area contributed by atoms with Crippen LogP contribution in [0.5, 0.6) is 0 Å². The van der Waals surface area contributed by atoms with Crippen LogP contribution in [-0.4, -0.2) is 46.7 Å². The summed E-state index contributed by atoms with van der Waals surface area (Å²) in [6, 6.07) is 23.4. The number of nitrogens with zero attached hydrogens (tertiary/aromatic N) is 2. The highest BCUT2D eigenvalue weighted by Crippen LogP contribution is 2.58. The molecule has 0 aliphatic carbocycles. The number of carbonyl (C=O) groups is 2. The van der Waals surface area contributed by atoms with E-state index in [4.69, 9.17) is 4.74 Å². The average molecular weight is 796 g/mol. The summed E-state index contributed by atoms with van der Waals surface area (Å²) in [6.07, 6.45) is -0.932. The van der Waals surface area contributed by atoms with Crippen LogP contribution in [0.1, 0.15) is 43.9 Å². The number of anilines is 1. The highest BCUT2D eigenvalue weighted by Gasteiger charge is 2.66. The number of aliphatic hydroxyl groups excluding tert-OH is 1. The third-order valence-electron chi connectivity index (χ3n) is 8.49. The molecular weight excluding hydrogens is 761 g/mol. The van der Waals surface area contributed by atoms with Crippen molar-refractivity contribution < 1.29 is 23.8 Å². The predicted octanol–water partition coefficient (Wildman–Crippen LogP) is 6.45. The number of fused-ring (bicyclic) bond motifs is 2. The molecule has 0 radical (unpaired) electrons. The highest BCUT2D eigenvalue weighted by molar-refractivity contribution is 14.1. The van der Waals surface area contributed by atoms with Crippen LogP contribution in [0.3, 0.4) is 0 Å². The van der Waals surface area contributed by atoms with Gasteiger partial charge in [-0.2, -0.15) is 0 Å². The van der Waals surface area contributed by atoms with Crippen LogP contribution in [0.25, 0.3) is 0 Å². The van der Waals surface area contributed by atoms with Crippen LogP contribution < -0.4 is 4.90 Å². The second kappa shape index (κ2) is 12.5. The van der Waals surface area contributed by atoms with Gasteiger partial charge in [0.15, 0.2) is 5.60 Å². The van der Waals surface area contributed by atoms with Crippen molar-refractivity contribution in [3.63, 3.8) is 0 Å². The normalized spacial score (nSPS) is 23.5. The maximum absolute atomic E-state index is 16.1. The molecule has 222 valence electrons. The van der Waals surface area contributed by atoms with Gasteiger partial charge in [-0.1, -0.05) is 49.4 Å². The molecule has 6 nitrogen and oxygen atoms in total. The minimum atomic E-state index is -1.72. The van der Waals surface area contributed by atoms with Crippen LogP contribution in [0.4, 0.5) is 10.1 Å². The van der Waals surface area contributed by atoms with Gasteiger partial charge in [0.05, 0.1) is 31.4 Å². The van der Waals surface area contributed by atoms with Crippen LogP contribution in [0.2, 0.25) is 0 Å². The number of amides is 2. The Morgan fingerprint density at radius 2 is 1.71 bits per heavy atom. The van der Waals surface area contributed by atoms with Crippen LogP contribution >= 0.6 is 45.2 Å². The van der Waals surface area contributed by atoms with E-state index in [1.54, 1.807) is 9.80 Å². The smallest absolute Gasteiger partial charge is 0.264 e. The standard InChI is InChI=1S/C33H35FI2N2O4/c1-21-30(32(2,3)34)28(18-29(40)37(15-16-39)19-22-7-5-4-6-8-22)42-33(21)26-17-25(36)13-14-27(26)38(31(33)41)20-23-9-11-24(35)12-10-23/h4-14,17,21,28,30,39H,15-16,18-20H2,1-3H3/t21-,28+,30-,33+/m1/s1. The van der Waals surface area contributed by atoms with Gasteiger partial charge in [0.1, 0.15) is 5.67 Å². The van der Waals surface area contributed by atoms with Crippen molar-refractivity contribution in [2.45, 2.75) is 57.7 Å². The lowest BCUT2D eigenvalue weighted by atomic mass is 9.71. The molecule has 5 rings (SSSR count). The summed E-state index contributed by atoms with van der Waals surface area (Å²) in [5.74, 6) is -1.74. The van der Waals surface area contributed by atoms with Gasteiger partial charge in [-0.15, -0.1) is 0 Å². The second-order valence-corrected chi connectivity index (χ2v) is 14.2. The van der Waals surface area contributed by atoms with Gasteiger partial charge < -0.3 is 19.6 Å². The summed E-state index contributed by atoms with van der Waals surface area (Å²) < 4.78 is 24.9. The molecule has 0 aromatic heterocycles. The molecular formula is C33H35FI2N2O4. The zero-order chi connectivity index (χ0) is 30.2. The third-order valence-corrected chi connectivity index (χ3v) is 9.88. The minimum absolute atomic E-state index is 0.0966. The zero-order valence-corrected chi connectivity index (χ0v) is 28.2. The van der Waals surface area contributed by atoms with Crippen LogP contribution in [-0.2, 0) is 33.0 Å². The fraction of sp³-hybridized carbons (Fsp3) is 0.394. The average Bonchev–Trinajstić information content (AvgIpc) is 3.36. The Morgan fingerprint density at radius 3 is 2.36 bits per heavy atom. The Kier molecular flexibility index (Phi) is 9.32. The summed E-state index contributed by atoms with van der Waals surface area (Å²) in [4.78, 5) is 31.5. The van der Waals surface area contributed by atoms with Gasteiger partial charge in [-0.05, 0) is 100 Å². The van der Waals surface area contributed by atoms with Crippen molar-refractivity contribution >= 4 is 62.7 Å². The maximum atomic E-state index is 16.1. The molecule has 2 amide bonds. The molecule has 3 aromatic rings. The minimum Gasteiger partial charge on any atom is -0.395 e. The van der Waals surface area contributed by atoms with E-state index < -0.39 is 29.2 Å². The number of aliphatic hydroxyl groups is 1. The lowest BCUT2D eigenvalue weighted by Crippen LogP contribution is -2.45. The Labute approximate surface area is 273 Å². The van der Waals surface area contributed by atoms with E-state index in [0.717, 1.165) is 29.5 Å². The molecule has 9 heteroatoms. The number of benzene rings is 3. The van der Waals surface area contributed by atoms with Crippen molar-refractivity contribution in [1.82, 2.24) is 4.90 Å². The molecule has 4 atom stereocenters. The first-order valence-corrected chi connectivity index (χ1v) is 16.3. The molecule has 2 aliphatic rings. The van der Waals surface area contributed by atoms with Gasteiger partial charge in [0.2, 0.25) is 5.91 Å². The molecule has 2 aliphatic heterocycles. The Morgan fingerprint density at radius 1 is 1.05 bits per heavy atom. The molecule has 1 fully saturated rings. The van der Waals surface area contributed by atoms with Crippen molar-refractivity contribution in [2.75, 3.05) is 18.1 Å². The summed E-state index contributed by atoms with van der Waals surface area (Å²) >= 11 is 4.47. The zero-order valence-electron chi connectivity index (χ0n) is 23.9. The Bertz CT molecular complexity index is 1450. The molecule has 1 saturated heterocycles. The molecule has 0 unspecified atom stereocenters. The van der Waals surface area contributed by atoms with E-state index in [1.165, 1.54) is 13.8 Å². The molecule has 42 heavy (non-hydrogen) atoms. The SMILES string of the molecule is C[C@@H]1[C@@H](C(C)(C)F)[C@H](CC(=O)N(CCO)Cc2ccccc2)O[C@@]12C(=O)N(Cc1ccc(I)cc1)c1ccc(I)cc12. The molecule has 1 spiro atoms. The largest absolute Gasteiger partial charge is 0.395 e. The molecule has 1 N–H and O–H groups in total. The maximum Gasteiger partial charge on any atom is 0.264 e. The van der Waals surface area contributed by atoms with E-state index in [0.29, 0.717) is 13.1 Å². The summed E-state index contributed by atoms with van der Waals surface area (Å²) in [5.41, 5.74) is 0.239. The number of alkyl halides is 1. The number of hydrogen-bond acceptors (Lipinski definition) is 4. The quantitative estimate of drug-likeness (QED) is 0.253. The monoisotopic (exact) mass is 796 g/mol. The third kappa shape index (κ3) is 5.98. The van der Waals surface area contributed by atoms with Gasteiger partial charge in [0, 0.05) is 37.6 Å². The number of hydrogen-bond donors (Lipinski definition) is 1. The second-order valence-electron chi connectivity index (χ2n) is 11.7. The van der Waals surface area contributed by atoms with E-state index in [9.17, 15) is 14.7 Å². The Balaban J connectivity index is 1.50. The lowest BCUT2D eigenvalue weighted by Gasteiger charge is -2.32. The fourth-order valence-corrected chi connectivity index (χ4v) is 7.52. The van der Waals surface area contributed by atoms with E-state index in [1.807, 2.05) is 79.7 Å². The number of halogens is 3. The van der Waals surface area contributed by atoms with Crippen molar-refractivity contribution in [2.24, 2.45) is 11.8 Å². The molecule has 2 heterocycles.